The number of H-pyrrole nitrogens is 1. The molecule has 0 saturated heterocycles. The number of aromatic amines is 1. The molecule has 134 valence electrons. The first-order valence-electron chi connectivity index (χ1n) is 9.17. The highest BCUT2D eigenvalue weighted by Crippen LogP contribution is 2.31. The average molecular weight is 373 g/mol. The molecule has 1 aliphatic rings. The molecule has 0 unspecified atom stereocenters. The number of fused-ring (bicyclic) bond motifs is 2. The molecule has 27 heavy (non-hydrogen) atoms. The number of nitrogens with one attached hydrogen (secondary N) is 2. The fraction of sp³-hybridized carbons (Fsp3) is 0.182. The Morgan fingerprint density at radius 3 is 2.93 bits per heavy atom. The van der Waals surface area contributed by atoms with Gasteiger partial charge in [0.25, 0.3) is 5.91 Å². The number of nitrogens with zero attached hydrogens (tertiary/aromatic N) is 1. The molecule has 0 saturated carbocycles. The van der Waals surface area contributed by atoms with Gasteiger partial charge in [-0.1, -0.05) is 24.3 Å². The van der Waals surface area contributed by atoms with Crippen molar-refractivity contribution in [2.75, 3.05) is 0 Å². The van der Waals surface area contributed by atoms with Crippen LogP contribution in [-0.2, 0) is 12.8 Å². The van der Waals surface area contributed by atoms with Crippen LogP contribution in [0.15, 0.2) is 60.2 Å². The Hall–Kier alpha value is -2.92. The molecule has 1 aliphatic carbocycles. The monoisotopic (exact) mass is 373 g/mol. The van der Waals surface area contributed by atoms with Crippen molar-refractivity contribution < 1.29 is 4.79 Å². The number of hydrogen-bond acceptors (Lipinski definition) is 3. The van der Waals surface area contributed by atoms with Crippen molar-refractivity contribution in [2.45, 2.75) is 25.3 Å². The molecule has 2 aromatic heterocycles. The van der Waals surface area contributed by atoms with E-state index >= 15 is 0 Å². The van der Waals surface area contributed by atoms with Gasteiger partial charge in [-0.15, -0.1) is 11.3 Å². The number of aryl methyl sites for hydroxylation is 2. The van der Waals surface area contributed by atoms with Gasteiger partial charge < -0.3 is 10.3 Å². The lowest BCUT2D eigenvalue weighted by Gasteiger charge is -2.19. The van der Waals surface area contributed by atoms with E-state index < -0.39 is 0 Å². The van der Waals surface area contributed by atoms with Gasteiger partial charge in [0, 0.05) is 10.4 Å². The number of hydrogen-bond donors (Lipinski definition) is 2. The molecule has 4 aromatic rings. The molecular weight excluding hydrogens is 354 g/mol. The van der Waals surface area contributed by atoms with Crippen LogP contribution >= 0.6 is 11.3 Å². The van der Waals surface area contributed by atoms with Crippen LogP contribution in [0.3, 0.4) is 0 Å². The van der Waals surface area contributed by atoms with Crippen molar-refractivity contribution in [3.05, 3.63) is 87.4 Å². The Morgan fingerprint density at radius 1 is 1.11 bits per heavy atom. The first kappa shape index (κ1) is 16.3. The first-order valence-corrected chi connectivity index (χ1v) is 10.0. The number of carbonyl (C=O) groups is 1. The van der Waals surface area contributed by atoms with Crippen molar-refractivity contribution in [1.29, 1.82) is 0 Å². The summed E-state index contributed by atoms with van der Waals surface area (Å²) in [4.78, 5) is 21.4. The van der Waals surface area contributed by atoms with E-state index in [1.165, 1.54) is 17.5 Å². The molecule has 1 atom stereocenters. The van der Waals surface area contributed by atoms with E-state index in [4.69, 9.17) is 0 Å². The largest absolute Gasteiger partial charge is 0.345 e. The summed E-state index contributed by atoms with van der Waals surface area (Å²) in [5, 5.41) is 5.29. The second-order valence-corrected chi connectivity index (χ2v) is 7.92. The number of benzene rings is 2. The zero-order valence-electron chi connectivity index (χ0n) is 14.7. The maximum Gasteiger partial charge on any atom is 0.252 e. The highest BCUT2D eigenvalue weighted by atomic mass is 32.1. The van der Waals surface area contributed by atoms with E-state index in [9.17, 15) is 4.79 Å². The molecule has 0 fully saturated rings. The van der Waals surface area contributed by atoms with E-state index in [0.717, 1.165) is 34.3 Å². The maximum absolute atomic E-state index is 13.0. The molecular formula is C22H19N3OS. The Balaban J connectivity index is 1.48. The highest BCUT2D eigenvalue weighted by Gasteiger charge is 2.21. The highest BCUT2D eigenvalue weighted by molar-refractivity contribution is 7.10. The normalized spacial score (nSPS) is 14.2. The van der Waals surface area contributed by atoms with Crippen molar-refractivity contribution >= 4 is 28.3 Å². The molecule has 5 rings (SSSR count). The van der Waals surface area contributed by atoms with Crippen LogP contribution in [0.1, 0.15) is 44.4 Å². The van der Waals surface area contributed by atoms with E-state index in [1.54, 1.807) is 17.7 Å². The molecule has 4 nitrogen and oxygen atoms in total. The van der Waals surface area contributed by atoms with Gasteiger partial charge in [0.2, 0.25) is 0 Å². The van der Waals surface area contributed by atoms with Crippen molar-refractivity contribution in [3.63, 3.8) is 0 Å². The Morgan fingerprint density at radius 2 is 2.04 bits per heavy atom. The quantitative estimate of drug-likeness (QED) is 0.548. The summed E-state index contributed by atoms with van der Waals surface area (Å²) >= 11 is 1.67. The maximum atomic E-state index is 13.0. The summed E-state index contributed by atoms with van der Waals surface area (Å²) in [6.45, 7) is 0. The minimum Gasteiger partial charge on any atom is -0.345 e. The average Bonchev–Trinajstić information content (AvgIpc) is 3.46. The zero-order valence-corrected chi connectivity index (χ0v) is 15.6. The third-order valence-electron chi connectivity index (χ3n) is 5.24. The molecule has 2 N–H and O–H groups in total. The second-order valence-electron chi connectivity index (χ2n) is 6.94. The molecule has 0 aliphatic heterocycles. The second kappa shape index (κ2) is 6.67. The number of aromatic nitrogens is 2. The molecule has 0 radical (unpaired) electrons. The van der Waals surface area contributed by atoms with Gasteiger partial charge in [-0.3, -0.25) is 4.79 Å². The van der Waals surface area contributed by atoms with Gasteiger partial charge in [0.05, 0.1) is 23.4 Å². The molecule has 0 spiro atoms. The van der Waals surface area contributed by atoms with Gasteiger partial charge >= 0.3 is 0 Å². The Labute approximate surface area is 161 Å². The van der Waals surface area contributed by atoms with Crippen LogP contribution < -0.4 is 5.32 Å². The molecule has 5 heteroatoms. The summed E-state index contributed by atoms with van der Waals surface area (Å²) in [6, 6.07) is 16.2. The van der Waals surface area contributed by atoms with Crippen molar-refractivity contribution in [1.82, 2.24) is 15.3 Å². The SMILES string of the molecule is O=C(N[C@H](c1ccc2c(c1)CCC2)c1cccs1)c1ccc2nc[nH]c2c1. The fourth-order valence-electron chi connectivity index (χ4n) is 3.84. The number of imidazole rings is 1. The third kappa shape index (κ3) is 3.04. The van der Waals surface area contributed by atoms with E-state index in [2.05, 4.69) is 44.9 Å². The summed E-state index contributed by atoms with van der Waals surface area (Å²) < 4.78 is 0. The number of thiophene rings is 1. The zero-order chi connectivity index (χ0) is 18.2. The predicted molar refractivity (Wildman–Crippen MR) is 108 cm³/mol. The Kier molecular flexibility index (Phi) is 4.02. The van der Waals surface area contributed by atoms with Crippen molar-refractivity contribution in [3.8, 4) is 0 Å². The van der Waals surface area contributed by atoms with Gasteiger partial charge in [-0.05, 0) is 65.6 Å². The summed E-state index contributed by atoms with van der Waals surface area (Å²) in [5.74, 6) is -0.0783. The number of carbonyl (C=O) groups excluding carboxylic acids is 1. The molecule has 1 amide bonds. The topological polar surface area (TPSA) is 57.8 Å². The van der Waals surface area contributed by atoms with Gasteiger partial charge in [0.1, 0.15) is 0 Å². The van der Waals surface area contributed by atoms with Gasteiger partial charge in [-0.25, -0.2) is 4.98 Å². The Bertz CT molecular complexity index is 1110. The van der Waals surface area contributed by atoms with Crippen LogP contribution in [0, 0.1) is 0 Å². The summed E-state index contributed by atoms with van der Waals surface area (Å²) in [5.41, 5.74) is 6.37. The van der Waals surface area contributed by atoms with Crippen molar-refractivity contribution in [2.24, 2.45) is 0 Å². The smallest absolute Gasteiger partial charge is 0.252 e. The predicted octanol–water partition coefficient (Wildman–Crippen LogP) is 4.63. The molecule has 2 heterocycles. The molecule has 2 aromatic carbocycles. The van der Waals surface area contributed by atoms with E-state index in [-0.39, 0.29) is 11.9 Å². The number of rotatable bonds is 4. The fourth-order valence-corrected chi connectivity index (χ4v) is 4.64. The standard InChI is InChI=1S/C22H19N3OS/c26-22(17-8-9-18-19(12-17)24-13-23-18)25-21(20-5-2-10-27-20)16-7-6-14-3-1-4-15(14)11-16/h2,5-13,21H,1,3-4H2,(H,23,24)(H,25,26)/t21-/m1/s1. The van der Waals surface area contributed by atoms with Crippen LogP contribution in [0.25, 0.3) is 11.0 Å². The van der Waals surface area contributed by atoms with Crippen LogP contribution in [0.5, 0.6) is 0 Å². The summed E-state index contributed by atoms with van der Waals surface area (Å²) in [7, 11) is 0. The number of amides is 1. The van der Waals surface area contributed by atoms with Crippen LogP contribution in [0.2, 0.25) is 0 Å². The minimum atomic E-state index is -0.138. The lowest BCUT2D eigenvalue weighted by molar-refractivity contribution is 0.0943. The van der Waals surface area contributed by atoms with E-state index in [0.29, 0.717) is 5.56 Å². The van der Waals surface area contributed by atoms with Gasteiger partial charge in [-0.2, -0.15) is 0 Å². The van der Waals surface area contributed by atoms with Gasteiger partial charge in [0.15, 0.2) is 0 Å². The third-order valence-corrected chi connectivity index (χ3v) is 6.18. The summed E-state index contributed by atoms with van der Waals surface area (Å²) in [6.07, 6.45) is 5.16. The first-order chi connectivity index (χ1) is 13.3. The van der Waals surface area contributed by atoms with E-state index in [1.807, 2.05) is 24.3 Å². The molecule has 0 bridgehead atoms. The lowest BCUT2D eigenvalue weighted by Crippen LogP contribution is -2.28. The minimum absolute atomic E-state index is 0.0783. The van der Waals surface area contributed by atoms with Crippen LogP contribution in [-0.4, -0.2) is 15.9 Å². The lowest BCUT2D eigenvalue weighted by atomic mass is 9.99. The van der Waals surface area contributed by atoms with Crippen LogP contribution in [0.4, 0.5) is 0 Å².